The zero-order valence-corrected chi connectivity index (χ0v) is 19.2. The molecule has 0 spiro atoms. The second-order valence-corrected chi connectivity index (χ2v) is 8.63. The lowest BCUT2D eigenvalue weighted by Crippen LogP contribution is -2.11. The predicted octanol–water partition coefficient (Wildman–Crippen LogP) is 5.62. The first kappa shape index (κ1) is 21.0. The monoisotopic (exact) mass is 474 g/mol. The van der Waals surface area contributed by atoms with Gasteiger partial charge in [-0.1, -0.05) is 52.9 Å². The van der Waals surface area contributed by atoms with E-state index in [1.165, 1.54) is 11.3 Å². The van der Waals surface area contributed by atoms with Gasteiger partial charge in [0.25, 0.3) is 5.91 Å². The number of hydrogen-bond donors (Lipinski definition) is 2. The molecule has 2 aromatic carbocycles. The number of carbonyl (C=O) groups is 1. The first-order chi connectivity index (χ1) is 16.0. The van der Waals surface area contributed by atoms with Crippen LogP contribution in [0.2, 0.25) is 0 Å². The molecule has 0 saturated heterocycles. The zero-order valence-electron chi connectivity index (χ0n) is 17.5. The molecule has 33 heavy (non-hydrogen) atoms. The number of thiazole rings is 1. The second kappa shape index (κ2) is 8.57. The molecule has 1 amide bonds. The number of nitrogens with zero attached hydrogens (tertiary/aromatic N) is 4. The van der Waals surface area contributed by atoms with E-state index in [0.29, 0.717) is 39.1 Å². The maximum Gasteiger partial charge on any atom is 0.257 e. The number of benzene rings is 2. The van der Waals surface area contributed by atoms with E-state index in [4.69, 9.17) is 16.7 Å². The minimum atomic E-state index is -0.276. The van der Waals surface area contributed by atoms with E-state index in [-0.39, 0.29) is 5.91 Å². The molecular formula is C23H18N6O2S2. The van der Waals surface area contributed by atoms with E-state index in [1.807, 2.05) is 41.8 Å². The molecule has 0 fully saturated rings. The summed E-state index contributed by atoms with van der Waals surface area (Å²) < 4.78 is 7.87. The number of H-pyrrole nitrogens is 1. The van der Waals surface area contributed by atoms with Crippen molar-refractivity contribution >= 4 is 45.5 Å². The molecule has 0 bridgehead atoms. The maximum atomic E-state index is 13.0. The standard InChI is InChI=1S/C23H18N6O2S2/c1-3-11-29-20(26-27-23(29)32)19-13(2)24-22(33-19)25-21(30)15-9-10-17-16(12-15)18(31-28-17)14-7-5-4-6-8-14/h3-10,12H,1,11H2,2H3,(H,27,32)(H,24,25,30). The van der Waals surface area contributed by atoms with Crippen molar-refractivity contribution in [1.29, 1.82) is 0 Å². The van der Waals surface area contributed by atoms with Gasteiger partial charge in [-0.05, 0) is 37.3 Å². The molecule has 3 heterocycles. The maximum absolute atomic E-state index is 13.0. The molecule has 0 atom stereocenters. The number of fused-ring (bicyclic) bond motifs is 1. The van der Waals surface area contributed by atoms with E-state index in [1.54, 1.807) is 24.3 Å². The van der Waals surface area contributed by atoms with Gasteiger partial charge in [-0.3, -0.25) is 19.8 Å². The highest BCUT2D eigenvalue weighted by Crippen LogP contribution is 2.33. The summed E-state index contributed by atoms with van der Waals surface area (Å²) in [4.78, 5) is 18.3. The van der Waals surface area contributed by atoms with E-state index in [0.717, 1.165) is 21.5 Å². The molecule has 0 radical (unpaired) electrons. The molecule has 5 aromatic rings. The van der Waals surface area contributed by atoms with Crippen LogP contribution in [0.5, 0.6) is 0 Å². The molecule has 0 aliphatic carbocycles. The number of hydrogen-bond acceptors (Lipinski definition) is 7. The quantitative estimate of drug-likeness (QED) is 0.245. The van der Waals surface area contributed by atoms with Crippen LogP contribution < -0.4 is 5.32 Å². The Labute approximate surface area is 197 Å². The summed E-state index contributed by atoms with van der Waals surface area (Å²) in [6, 6.07) is 14.9. The highest BCUT2D eigenvalue weighted by atomic mass is 32.1. The molecule has 3 aromatic heterocycles. The number of allylic oxidation sites excluding steroid dienone is 1. The third kappa shape index (κ3) is 3.90. The van der Waals surface area contributed by atoms with Crippen LogP contribution >= 0.6 is 23.6 Å². The number of carbonyl (C=O) groups excluding carboxylic acids is 1. The smallest absolute Gasteiger partial charge is 0.257 e. The molecule has 0 aliphatic heterocycles. The SMILES string of the molecule is C=CCn1c(-c2sc(NC(=O)c3ccc4noc(-c5ccccc5)c4c3)nc2C)n[nH]c1=S. The Bertz CT molecular complexity index is 1540. The normalized spacial score (nSPS) is 11.1. The summed E-state index contributed by atoms with van der Waals surface area (Å²) in [5.74, 6) is 1.01. The second-order valence-electron chi connectivity index (χ2n) is 7.25. The summed E-state index contributed by atoms with van der Waals surface area (Å²) in [6.07, 6.45) is 1.75. The zero-order chi connectivity index (χ0) is 22.9. The van der Waals surface area contributed by atoms with Gasteiger partial charge >= 0.3 is 0 Å². The Hall–Kier alpha value is -3.89. The fraction of sp³-hybridized carbons (Fsp3) is 0.0870. The Morgan fingerprint density at radius 3 is 2.91 bits per heavy atom. The number of nitrogens with one attached hydrogen (secondary N) is 2. The van der Waals surface area contributed by atoms with Crippen molar-refractivity contribution < 1.29 is 9.32 Å². The van der Waals surface area contributed by atoms with Crippen molar-refractivity contribution in [3.05, 3.63) is 77.2 Å². The van der Waals surface area contributed by atoms with Crippen molar-refractivity contribution in [3.63, 3.8) is 0 Å². The predicted molar refractivity (Wildman–Crippen MR) is 131 cm³/mol. The summed E-state index contributed by atoms with van der Waals surface area (Å²) in [5, 5.41) is 15.4. The van der Waals surface area contributed by atoms with Gasteiger partial charge in [-0.25, -0.2) is 4.98 Å². The summed E-state index contributed by atoms with van der Waals surface area (Å²) in [5.41, 5.74) is 2.80. The van der Waals surface area contributed by atoms with Gasteiger partial charge in [0.05, 0.1) is 16.0 Å². The van der Waals surface area contributed by atoms with E-state index >= 15 is 0 Å². The Morgan fingerprint density at radius 1 is 1.30 bits per heavy atom. The van der Waals surface area contributed by atoms with Gasteiger partial charge in [0, 0.05) is 17.7 Å². The Kier molecular flexibility index (Phi) is 5.45. The van der Waals surface area contributed by atoms with E-state index in [2.05, 4.69) is 32.2 Å². The lowest BCUT2D eigenvalue weighted by molar-refractivity contribution is 0.102. The van der Waals surface area contributed by atoms with Gasteiger partial charge in [0.15, 0.2) is 21.5 Å². The van der Waals surface area contributed by atoms with Crippen LogP contribution in [-0.4, -0.2) is 30.8 Å². The van der Waals surface area contributed by atoms with Crippen LogP contribution in [-0.2, 0) is 6.54 Å². The number of amides is 1. The van der Waals surface area contributed by atoms with Gasteiger partial charge in [0.1, 0.15) is 5.52 Å². The van der Waals surface area contributed by atoms with E-state index in [9.17, 15) is 4.79 Å². The molecule has 8 nitrogen and oxygen atoms in total. The number of aryl methyl sites for hydroxylation is 1. The van der Waals surface area contributed by atoms with Crippen LogP contribution in [0.25, 0.3) is 32.9 Å². The van der Waals surface area contributed by atoms with Crippen molar-refractivity contribution in [2.24, 2.45) is 0 Å². The molecule has 5 rings (SSSR count). The lowest BCUT2D eigenvalue weighted by atomic mass is 10.1. The van der Waals surface area contributed by atoms with Gasteiger partial charge < -0.3 is 4.52 Å². The number of rotatable bonds is 6. The van der Waals surface area contributed by atoms with Gasteiger partial charge in [-0.15, -0.1) is 6.58 Å². The first-order valence-electron chi connectivity index (χ1n) is 10.0. The van der Waals surface area contributed by atoms with E-state index < -0.39 is 0 Å². The van der Waals surface area contributed by atoms with Crippen molar-refractivity contribution in [1.82, 2.24) is 24.9 Å². The fourth-order valence-electron chi connectivity index (χ4n) is 3.50. The lowest BCUT2D eigenvalue weighted by Gasteiger charge is -2.02. The molecule has 0 unspecified atom stereocenters. The molecule has 0 aliphatic rings. The topological polar surface area (TPSA) is 102 Å². The number of aromatic amines is 1. The first-order valence-corrected chi connectivity index (χ1v) is 11.3. The molecule has 164 valence electrons. The van der Waals surface area contributed by atoms with Crippen LogP contribution in [0.15, 0.2) is 65.7 Å². The Morgan fingerprint density at radius 2 is 2.12 bits per heavy atom. The average Bonchev–Trinajstić information content (AvgIpc) is 3.51. The van der Waals surface area contributed by atoms with Gasteiger partial charge in [0.2, 0.25) is 0 Å². The molecule has 2 N–H and O–H groups in total. The van der Waals surface area contributed by atoms with Crippen molar-refractivity contribution in [2.75, 3.05) is 5.32 Å². The minimum Gasteiger partial charge on any atom is -0.355 e. The van der Waals surface area contributed by atoms with Crippen LogP contribution in [0.1, 0.15) is 16.1 Å². The number of aromatic nitrogens is 5. The van der Waals surface area contributed by atoms with Crippen molar-refractivity contribution in [2.45, 2.75) is 13.5 Å². The molecular weight excluding hydrogens is 456 g/mol. The van der Waals surface area contributed by atoms with Crippen LogP contribution in [0.4, 0.5) is 5.13 Å². The fourth-order valence-corrected chi connectivity index (χ4v) is 4.66. The van der Waals surface area contributed by atoms with Crippen LogP contribution in [0, 0.1) is 11.7 Å². The molecule has 10 heteroatoms. The minimum absolute atomic E-state index is 0.276. The molecule has 0 saturated carbocycles. The van der Waals surface area contributed by atoms with Gasteiger partial charge in [-0.2, -0.15) is 5.10 Å². The highest BCUT2D eigenvalue weighted by molar-refractivity contribution is 7.71. The van der Waals surface area contributed by atoms with Crippen LogP contribution in [0.3, 0.4) is 0 Å². The Balaban J connectivity index is 1.44. The summed E-state index contributed by atoms with van der Waals surface area (Å²) in [7, 11) is 0. The third-order valence-corrected chi connectivity index (χ3v) is 6.45. The highest BCUT2D eigenvalue weighted by Gasteiger charge is 2.19. The summed E-state index contributed by atoms with van der Waals surface area (Å²) >= 11 is 6.63. The third-order valence-electron chi connectivity index (χ3n) is 5.06. The summed E-state index contributed by atoms with van der Waals surface area (Å²) in [6.45, 7) is 6.15. The number of anilines is 1. The largest absolute Gasteiger partial charge is 0.355 e. The average molecular weight is 475 g/mol. The van der Waals surface area contributed by atoms with Crippen molar-refractivity contribution in [3.8, 4) is 22.0 Å².